The molecule has 0 unspecified atom stereocenters. The number of phenols is 1. The molecule has 2 N–H and O–H groups in total. The topological polar surface area (TPSA) is 49.3 Å². The Labute approximate surface area is 127 Å². The fraction of sp³-hybridized carbons (Fsp3) is 0.133. The average Bonchev–Trinajstić information content (AvgIpc) is 2.43. The number of benzene rings is 2. The molecule has 0 heterocycles. The largest absolute Gasteiger partial charge is 0.507 e. The van der Waals surface area contributed by atoms with Crippen molar-refractivity contribution >= 4 is 35.0 Å². The first-order valence-electron chi connectivity index (χ1n) is 6.12. The van der Waals surface area contributed by atoms with Crippen LogP contribution >= 0.6 is 23.4 Å². The van der Waals surface area contributed by atoms with Gasteiger partial charge in [-0.05, 0) is 24.3 Å². The predicted octanol–water partition coefficient (Wildman–Crippen LogP) is 4.17. The number of aromatic hydroxyl groups is 1. The van der Waals surface area contributed by atoms with Crippen molar-refractivity contribution in [3.63, 3.8) is 0 Å². The summed E-state index contributed by atoms with van der Waals surface area (Å²) in [6, 6.07) is 14.2. The summed E-state index contributed by atoms with van der Waals surface area (Å²) in [6.07, 6.45) is 0.351. The Morgan fingerprint density at radius 3 is 2.60 bits per heavy atom. The van der Waals surface area contributed by atoms with E-state index >= 15 is 0 Å². The van der Waals surface area contributed by atoms with Crippen LogP contribution in [0.15, 0.2) is 53.4 Å². The summed E-state index contributed by atoms with van der Waals surface area (Å²) in [4.78, 5) is 12.6. The summed E-state index contributed by atoms with van der Waals surface area (Å²) in [6.45, 7) is 0. The second kappa shape index (κ2) is 7.22. The number of phenolic OH excluding ortho intramolecular Hbond substituents is 1. The highest BCUT2D eigenvalue weighted by Gasteiger charge is 2.06. The Morgan fingerprint density at radius 2 is 1.85 bits per heavy atom. The van der Waals surface area contributed by atoms with E-state index in [1.54, 1.807) is 24.3 Å². The number of carbonyl (C=O) groups is 1. The van der Waals surface area contributed by atoms with Crippen molar-refractivity contribution in [3.8, 4) is 5.75 Å². The van der Waals surface area contributed by atoms with Gasteiger partial charge in [-0.25, -0.2) is 0 Å². The Hall–Kier alpha value is -1.65. The maximum atomic E-state index is 11.8. The summed E-state index contributed by atoms with van der Waals surface area (Å²) >= 11 is 7.41. The van der Waals surface area contributed by atoms with Crippen LogP contribution in [0, 0.1) is 0 Å². The molecular formula is C15H14ClNO2S. The molecule has 20 heavy (non-hydrogen) atoms. The molecule has 0 spiro atoms. The van der Waals surface area contributed by atoms with Gasteiger partial charge in [0.1, 0.15) is 5.75 Å². The van der Waals surface area contributed by atoms with Crippen molar-refractivity contribution in [2.75, 3.05) is 11.1 Å². The van der Waals surface area contributed by atoms with Gasteiger partial charge in [-0.15, -0.1) is 11.8 Å². The van der Waals surface area contributed by atoms with Crippen molar-refractivity contribution in [2.45, 2.75) is 11.3 Å². The molecule has 5 heteroatoms. The molecule has 3 nitrogen and oxygen atoms in total. The third-order valence-corrected chi connectivity index (χ3v) is 3.99. The minimum Gasteiger partial charge on any atom is -0.507 e. The SMILES string of the molecule is O=C(CCSc1ccccc1O)Nc1ccccc1Cl. The summed E-state index contributed by atoms with van der Waals surface area (Å²) in [5.41, 5.74) is 0.617. The molecular weight excluding hydrogens is 294 g/mol. The van der Waals surface area contributed by atoms with Gasteiger partial charge in [0.05, 0.1) is 10.7 Å². The number of halogens is 1. The summed E-state index contributed by atoms with van der Waals surface area (Å²) in [7, 11) is 0. The van der Waals surface area contributed by atoms with E-state index in [1.165, 1.54) is 11.8 Å². The zero-order valence-corrected chi connectivity index (χ0v) is 12.2. The van der Waals surface area contributed by atoms with E-state index in [9.17, 15) is 9.90 Å². The molecule has 0 aliphatic heterocycles. The Balaban J connectivity index is 1.82. The molecule has 0 aliphatic carbocycles. The maximum Gasteiger partial charge on any atom is 0.225 e. The lowest BCUT2D eigenvalue weighted by atomic mass is 10.3. The van der Waals surface area contributed by atoms with E-state index in [-0.39, 0.29) is 11.7 Å². The average molecular weight is 308 g/mol. The molecule has 2 aromatic rings. The van der Waals surface area contributed by atoms with Gasteiger partial charge in [-0.2, -0.15) is 0 Å². The molecule has 0 saturated carbocycles. The zero-order chi connectivity index (χ0) is 14.4. The Kier molecular flexibility index (Phi) is 5.32. The predicted molar refractivity (Wildman–Crippen MR) is 83.5 cm³/mol. The number of rotatable bonds is 5. The number of hydrogen-bond donors (Lipinski definition) is 2. The molecule has 0 radical (unpaired) electrons. The fourth-order valence-electron chi connectivity index (χ4n) is 1.61. The second-order valence-corrected chi connectivity index (χ2v) is 5.64. The normalized spacial score (nSPS) is 10.2. The lowest BCUT2D eigenvalue weighted by Crippen LogP contribution is -2.12. The van der Waals surface area contributed by atoms with Gasteiger partial charge in [0, 0.05) is 17.1 Å². The van der Waals surface area contributed by atoms with Crippen LogP contribution in [0.2, 0.25) is 5.02 Å². The first kappa shape index (κ1) is 14.8. The molecule has 0 aliphatic rings. The number of nitrogens with one attached hydrogen (secondary N) is 1. The smallest absolute Gasteiger partial charge is 0.225 e. The molecule has 0 fully saturated rings. The Bertz CT molecular complexity index is 604. The molecule has 2 rings (SSSR count). The van der Waals surface area contributed by atoms with Crippen molar-refractivity contribution in [2.24, 2.45) is 0 Å². The molecule has 2 aromatic carbocycles. The summed E-state index contributed by atoms with van der Waals surface area (Å²) in [5, 5.41) is 12.9. The third-order valence-electron chi connectivity index (χ3n) is 2.60. The van der Waals surface area contributed by atoms with E-state index in [0.29, 0.717) is 22.9 Å². The van der Waals surface area contributed by atoms with Gasteiger partial charge in [-0.3, -0.25) is 4.79 Å². The van der Waals surface area contributed by atoms with Crippen LogP contribution in [-0.2, 0) is 4.79 Å². The van der Waals surface area contributed by atoms with Crippen molar-refractivity contribution in [1.82, 2.24) is 0 Å². The van der Waals surface area contributed by atoms with E-state index < -0.39 is 0 Å². The minimum atomic E-state index is -0.0963. The van der Waals surface area contributed by atoms with E-state index in [4.69, 9.17) is 11.6 Å². The molecule has 0 saturated heterocycles. The molecule has 0 bridgehead atoms. The number of thioether (sulfide) groups is 1. The van der Waals surface area contributed by atoms with Crippen molar-refractivity contribution in [1.29, 1.82) is 0 Å². The van der Waals surface area contributed by atoms with Crippen molar-refractivity contribution < 1.29 is 9.90 Å². The van der Waals surface area contributed by atoms with E-state index in [1.807, 2.05) is 24.3 Å². The van der Waals surface area contributed by atoms with E-state index in [0.717, 1.165) is 4.90 Å². The van der Waals surface area contributed by atoms with Crippen LogP contribution in [-0.4, -0.2) is 16.8 Å². The number of amides is 1. The molecule has 0 atom stereocenters. The number of hydrogen-bond acceptors (Lipinski definition) is 3. The summed E-state index contributed by atoms with van der Waals surface area (Å²) < 4.78 is 0. The van der Waals surface area contributed by atoms with Crippen LogP contribution in [0.4, 0.5) is 5.69 Å². The maximum absolute atomic E-state index is 11.8. The van der Waals surface area contributed by atoms with Gasteiger partial charge >= 0.3 is 0 Å². The van der Waals surface area contributed by atoms with Gasteiger partial charge in [0.25, 0.3) is 0 Å². The van der Waals surface area contributed by atoms with Crippen LogP contribution in [0.3, 0.4) is 0 Å². The van der Waals surface area contributed by atoms with Crippen LogP contribution in [0.1, 0.15) is 6.42 Å². The minimum absolute atomic E-state index is 0.0963. The molecule has 1 amide bonds. The number of para-hydroxylation sites is 2. The number of anilines is 1. The standard InChI is InChI=1S/C15H14ClNO2S/c16-11-5-1-2-6-12(11)17-15(19)9-10-20-14-8-4-3-7-13(14)18/h1-8,18H,9-10H2,(H,17,19). The lowest BCUT2D eigenvalue weighted by molar-refractivity contribution is -0.115. The first-order valence-corrected chi connectivity index (χ1v) is 7.48. The van der Waals surface area contributed by atoms with Gasteiger partial charge in [0.15, 0.2) is 0 Å². The zero-order valence-electron chi connectivity index (χ0n) is 10.7. The van der Waals surface area contributed by atoms with Crippen molar-refractivity contribution in [3.05, 3.63) is 53.6 Å². The third kappa shape index (κ3) is 4.18. The van der Waals surface area contributed by atoms with Gasteiger partial charge < -0.3 is 10.4 Å². The fourth-order valence-corrected chi connectivity index (χ4v) is 2.69. The van der Waals surface area contributed by atoms with Gasteiger partial charge in [0.2, 0.25) is 5.91 Å². The second-order valence-electron chi connectivity index (χ2n) is 4.09. The Morgan fingerprint density at radius 1 is 1.15 bits per heavy atom. The lowest BCUT2D eigenvalue weighted by Gasteiger charge is -2.07. The quantitative estimate of drug-likeness (QED) is 0.815. The van der Waals surface area contributed by atoms with E-state index in [2.05, 4.69) is 5.32 Å². The highest BCUT2D eigenvalue weighted by molar-refractivity contribution is 7.99. The highest BCUT2D eigenvalue weighted by Crippen LogP contribution is 2.28. The first-order chi connectivity index (χ1) is 9.66. The van der Waals surface area contributed by atoms with Crippen LogP contribution in [0.25, 0.3) is 0 Å². The molecule has 0 aromatic heterocycles. The highest BCUT2D eigenvalue weighted by atomic mass is 35.5. The molecule has 104 valence electrons. The van der Waals surface area contributed by atoms with Crippen LogP contribution < -0.4 is 5.32 Å². The monoisotopic (exact) mass is 307 g/mol. The van der Waals surface area contributed by atoms with Crippen LogP contribution in [0.5, 0.6) is 5.75 Å². The number of carbonyl (C=O) groups excluding carboxylic acids is 1. The summed E-state index contributed by atoms with van der Waals surface area (Å²) in [5.74, 6) is 0.735. The van der Waals surface area contributed by atoms with Gasteiger partial charge in [-0.1, -0.05) is 35.9 Å².